The van der Waals surface area contributed by atoms with E-state index in [9.17, 15) is 0 Å². The standard InChI is InChI=1S/C20H21ClN2O/c1-11-8-13(9-12(2)20(11)24-3)18-19-15(6-7-22-18)16-10-14(21)4-5-17(16)23-19/h4-5,8-10,18,22-23H,6-7H2,1-3H3. The maximum absolute atomic E-state index is 6.20. The van der Waals surface area contributed by atoms with Gasteiger partial charge >= 0.3 is 0 Å². The second-order valence-corrected chi connectivity index (χ2v) is 6.97. The van der Waals surface area contributed by atoms with Crippen molar-refractivity contribution < 1.29 is 4.74 Å². The lowest BCUT2D eigenvalue weighted by atomic mass is 9.92. The first-order valence-electron chi connectivity index (χ1n) is 8.27. The van der Waals surface area contributed by atoms with Crippen LogP contribution >= 0.6 is 11.6 Å². The van der Waals surface area contributed by atoms with Crippen LogP contribution in [-0.4, -0.2) is 18.6 Å². The van der Waals surface area contributed by atoms with Gasteiger partial charge in [0.25, 0.3) is 0 Å². The number of nitrogens with one attached hydrogen (secondary N) is 2. The molecule has 124 valence electrons. The minimum atomic E-state index is 0.170. The molecule has 4 heteroatoms. The van der Waals surface area contributed by atoms with Crippen LogP contribution < -0.4 is 10.1 Å². The number of benzene rings is 2. The first-order chi connectivity index (χ1) is 11.6. The van der Waals surface area contributed by atoms with Gasteiger partial charge in [0.15, 0.2) is 0 Å². The number of H-pyrrole nitrogens is 1. The average Bonchev–Trinajstić information content (AvgIpc) is 2.92. The van der Waals surface area contributed by atoms with Crippen molar-refractivity contribution in [1.82, 2.24) is 10.3 Å². The van der Waals surface area contributed by atoms with Gasteiger partial charge in [0.1, 0.15) is 5.75 Å². The number of aromatic nitrogens is 1. The van der Waals surface area contributed by atoms with Crippen LogP contribution in [0, 0.1) is 13.8 Å². The van der Waals surface area contributed by atoms with Gasteiger partial charge in [0, 0.05) is 28.2 Å². The van der Waals surface area contributed by atoms with Gasteiger partial charge in [-0.05, 0) is 60.7 Å². The number of methoxy groups -OCH3 is 1. The molecule has 2 aromatic carbocycles. The zero-order chi connectivity index (χ0) is 16.8. The molecule has 0 amide bonds. The molecule has 2 N–H and O–H groups in total. The maximum atomic E-state index is 6.20. The van der Waals surface area contributed by atoms with Gasteiger partial charge in [0.2, 0.25) is 0 Å². The summed E-state index contributed by atoms with van der Waals surface area (Å²) in [6, 6.07) is 10.7. The van der Waals surface area contributed by atoms with Crippen molar-refractivity contribution in [2.75, 3.05) is 13.7 Å². The maximum Gasteiger partial charge on any atom is 0.124 e. The molecular weight excluding hydrogens is 320 g/mol. The number of aromatic amines is 1. The number of aryl methyl sites for hydroxylation is 2. The molecule has 1 aromatic heterocycles. The summed E-state index contributed by atoms with van der Waals surface area (Å²) in [5, 5.41) is 5.68. The minimum Gasteiger partial charge on any atom is -0.496 e. The molecule has 0 bridgehead atoms. The largest absolute Gasteiger partial charge is 0.496 e. The number of rotatable bonds is 2. The fraction of sp³-hybridized carbons (Fsp3) is 0.300. The van der Waals surface area contributed by atoms with Crippen LogP contribution in [0.3, 0.4) is 0 Å². The van der Waals surface area contributed by atoms with Gasteiger partial charge in [-0.1, -0.05) is 23.7 Å². The summed E-state index contributed by atoms with van der Waals surface area (Å²) in [6.45, 7) is 5.16. The molecule has 1 atom stereocenters. The van der Waals surface area contributed by atoms with E-state index < -0.39 is 0 Å². The van der Waals surface area contributed by atoms with E-state index in [0.29, 0.717) is 0 Å². The third-order valence-corrected chi connectivity index (χ3v) is 5.17. The Bertz CT molecular complexity index is 906. The Kier molecular flexibility index (Phi) is 3.78. The number of hydrogen-bond acceptors (Lipinski definition) is 2. The fourth-order valence-electron chi connectivity index (χ4n) is 3.96. The molecule has 0 radical (unpaired) electrons. The molecule has 0 saturated heterocycles. The van der Waals surface area contributed by atoms with Gasteiger partial charge < -0.3 is 15.0 Å². The summed E-state index contributed by atoms with van der Waals surface area (Å²) in [7, 11) is 1.73. The Hall–Kier alpha value is -1.97. The zero-order valence-corrected chi connectivity index (χ0v) is 14.9. The van der Waals surface area contributed by atoms with Crippen LogP contribution in [0.25, 0.3) is 10.9 Å². The van der Waals surface area contributed by atoms with Gasteiger partial charge in [-0.2, -0.15) is 0 Å². The van der Waals surface area contributed by atoms with Crippen LogP contribution in [0.2, 0.25) is 5.02 Å². The zero-order valence-electron chi connectivity index (χ0n) is 14.2. The highest BCUT2D eigenvalue weighted by molar-refractivity contribution is 6.31. The minimum absolute atomic E-state index is 0.170. The van der Waals surface area contributed by atoms with Crippen LogP contribution in [0.15, 0.2) is 30.3 Å². The molecule has 24 heavy (non-hydrogen) atoms. The summed E-state index contributed by atoms with van der Waals surface area (Å²) < 4.78 is 5.51. The van der Waals surface area contributed by atoms with E-state index in [0.717, 1.165) is 29.3 Å². The monoisotopic (exact) mass is 340 g/mol. The number of ether oxygens (including phenoxy) is 1. The predicted octanol–water partition coefficient (Wildman–Crippen LogP) is 4.68. The number of halogens is 1. The quantitative estimate of drug-likeness (QED) is 0.710. The van der Waals surface area contributed by atoms with Crippen molar-refractivity contribution >= 4 is 22.5 Å². The van der Waals surface area contributed by atoms with Crippen molar-refractivity contribution in [3.05, 3.63) is 63.3 Å². The van der Waals surface area contributed by atoms with Crippen molar-refractivity contribution in [2.24, 2.45) is 0 Å². The predicted molar refractivity (Wildman–Crippen MR) is 99.3 cm³/mol. The Morgan fingerprint density at radius 3 is 2.58 bits per heavy atom. The molecule has 0 aliphatic carbocycles. The highest BCUT2D eigenvalue weighted by Gasteiger charge is 2.26. The molecule has 1 unspecified atom stereocenters. The third kappa shape index (κ3) is 2.40. The topological polar surface area (TPSA) is 37.0 Å². The van der Waals surface area contributed by atoms with Crippen LogP contribution in [0.5, 0.6) is 5.75 Å². The second-order valence-electron chi connectivity index (χ2n) is 6.53. The first kappa shape index (κ1) is 15.6. The molecule has 3 nitrogen and oxygen atoms in total. The highest BCUT2D eigenvalue weighted by Crippen LogP contribution is 2.36. The summed E-state index contributed by atoms with van der Waals surface area (Å²) in [4.78, 5) is 3.61. The molecule has 3 aromatic rings. The first-order valence-corrected chi connectivity index (χ1v) is 8.65. The highest BCUT2D eigenvalue weighted by atomic mass is 35.5. The normalized spacial score (nSPS) is 17.1. The smallest absolute Gasteiger partial charge is 0.124 e. The van der Waals surface area contributed by atoms with Crippen LogP contribution in [0.1, 0.15) is 34.0 Å². The molecule has 1 aliphatic rings. The Morgan fingerprint density at radius 1 is 1.12 bits per heavy atom. The molecule has 4 rings (SSSR count). The molecule has 0 saturated carbocycles. The SMILES string of the molecule is COc1c(C)cc(C2NCCc3c2[nH]c2ccc(Cl)cc32)cc1C. The van der Waals surface area contributed by atoms with Gasteiger partial charge in [-0.25, -0.2) is 0 Å². The summed E-state index contributed by atoms with van der Waals surface area (Å²) in [6.07, 6.45) is 1.01. The Morgan fingerprint density at radius 2 is 1.88 bits per heavy atom. The molecule has 0 fully saturated rings. The van der Waals surface area contributed by atoms with Crippen molar-refractivity contribution in [2.45, 2.75) is 26.3 Å². The summed E-state index contributed by atoms with van der Waals surface area (Å²) in [5.41, 5.74) is 7.38. The molecule has 1 aliphatic heterocycles. The Balaban J connectivity index is 1.87. The lowest BCUT2D eigenvalue weighted by Gasteiger charge is -2.26. The van der Waals surface area contributed by atoms with E-state index in [2.05, 4.69) is 48.4 Å². The molecular formula is C20H21ClN2O. The van der Waals surface area contributed by atoms with Gasteiger partial charge in [-0.3, -0.25) is 0 Å². The number of fused-ring (bicyclic) bond motifs is 3. The van der Waals surface area contributed by atoms with Gasteiger partial charge in [-0.15, -0.1) is 0 Å². The van der Waals surface area contributed by atoms with E-state index in [1.165, 1.54) is 33.3 Å². The van der Waals surface area contributed by atoms with E-state index in [1.54, 1.807) is 7.11 Å². The van der Waals surface area contributed by atoms with Crippen molar-refractivity contribution in [3.8, 4) is 5.75 Å². The molecule has 2 heterocycles. The van der Waals surface area contributed by atoms with Crippen molar-refractivity contribution in [1.29, 1.82) is 0 Å². The third-order valence-electron chi connectivity index (χ3n) is 4.93. The lowest BCUT2D eigenvalue weighted by molar-refractivity contribution is 0.408. The van der Waals surface area contributed by atoms with Crippen LogP contribution in [-0.2, 0) is 6.42 Å². The lowest BCUT2D eigenvalue weighted by Crippen LogP contribution is -2.30. The summed E-state index contributed by atoms with van der Waals surface area (Å²) in [5.74, 6) is 0.971. The van der Waals surface area contributed by atoms with E-state index in [1.807, 2.05) is 6.07 Å². The number of hydrogen-bond donors (Lipinski definition) is 2. The van der Waals surface area contributed by atoms with E-state index in [-0.39, 0.29) is 6.04 Å². The second kappa shape index (κ2) is 5.83. The van der Waals surface area contributed by atoms with Gasteiger partial charge in [0.05, 0.1) is 13.2 Å². The van der Waals surface area contributed by atoms with E-state index >= 15 is 0 Å². The fourth-order valence-corrected chi connectivity index (χ4v) is 4.13. The van der Waals surface area contributed by atoms with Crippen molar-refractivity contribution in [3.63, 3.8) is 0 Å². The Labute approximate surface area is 147 Å². The summed E-state index contributed by atoms with van der Waals surface area (Å²) >= 11 is 6.20. The van der Waals surface area contributed by atoms with E-state index in [4.69, 9.17) is 16.3 Å². The van der Waals surface area contributed by atoms with Crippen LogP contribution in [0.4, 0.5) is 0 Å². The molecule has 0 spiro atoms. The average molecular weight is 341 g/mol.